The van der Waals surface area contributed by atoms with Gasteiger partial charge < -0.3 is 4.74 Å². The number of hydrogen-bond donors (Lipinski definition) is 0. The number of benzene rings is 1. The summed E-state index contributed by atoms with van der Waals surface area (Å²) in [5, 5.41) is 0. The van der Waals surface area contributed by atoms with Crippen molar-refractivity contribution in [1.29, 1.82) is 0 Å². The number of nitrogens with zero attached hydrogens (tertiary/aromatic N) is 1. The first-order valence-corrected chi connectivity index (χ1v) is 9.62. The van der Waals surface area contributed by atoms with E-state index in [-0.39, 0.29) is 11.5 Å². The second-order valence-corrected chi connectivity index (χ2v) is 8.46. The number of rotatable bonds is 7. The fourth-order valence-electron chi connectivity index (χ4n) is 4.07. The summed E-state index contributed by atoms with van der Waals surface area (Å²) in [7, 11) is 1.73. The summed E-state index contributed by atoms with van der Waals surface area (Å²) >= 11 is 0. The third-order valence-corrected chi connectivity index (χ3v) is 5.45. The van der Waals surface area contributed by atoms with Crippen LogP contribution in [-0.4, -0.2) is 37.2 Å². The Hall–Kier alpha value is -1.33. The lowest BCUT2D eigenvalue weighted by molar-refractivity contribution is -0.137. The molecule has 27 heavy (non-hydrogen) atoms. The monoisotopic (exact) mass is 383 g/mol. The zero-order valence-electron chi connectivity index (χ0n) is 17.1. The maximum atomic E-state index is 12.9. The molecule has 0 spiro atoms. The molecule has 1 fully saturated rings. The highest BCUT2D eigenvalue weighted by Crippen LogP contribution is 2.35. The number of halogens is 3. The van der Waals surface area contributed by atoms with E-state index in [0.717, 1.165) is 31.4 Å². The van der Waals surface area contributed by atoms with E-state index in [9.17, 15) is 13.2 Å². The maximum absolute atomic E-state index is 12.9. The SMILES string of the molecule is COC[C@@H]1CCCN1C(C=C(C)C)CC(C)(C)c1ccc(C(F)(F)F)cc1. The van der Waals surface area contributed by atoms with Gasteiger partial charge in [0.25, 0.3) is 0 Å². The first-order chi connectivity index (χ1) is 12.5. The third-order valence-electron chi connectivity index (χ3n) is 5.45. The summed E-state index contributed by atoms with van der Waals surface area (Å²) in [4.78, 5) is 2.50. The van der Waals surface area contributed by atoms with Gasteiger partial charge in [0.1, 0.15) is 0 Å². The van der Waals surface area contributed by atoms with Crippen molar-refractivity contribution >= 4 is 0 Å². The highest BCUT2D eigenvalue weighted by atomic mass is 19.4. The van der Waals surface area contributed by atoms with Gasteiger partial charge >= 0.3 is 6.18 Å². The topological polar surface area (TPSA) is 12.5 Å². The van der Waals surface area contributed by atoms with Crippen molar-refractivity contribution in [3.8, 4) is 0 Å². The van der Waals surface area contributed by atoms with Crippen molar-refractivity contribution in [2.75, 3.05) is 20.3 Å². The molecule has 2 rings (SSSR count). The Bertz CT molecular complexity index is 630. The van der Waals surface area contributed by atoms with Gasteiger partial charge in [-0.2, -0.15) is 13.2 Å². The smallest absolute Gasteiger partial charge is 0.383 e. The van der Waals surface area contributed by atoms with Crippen LogP contribution in [0.5, 0.6) is 0 Å². The average Bonchev–Trinajstić information content (AvgIpc) is 3.01. The lowest BCUT2D eigenvalue weighted by Gasteiger charge is -2.37. The number of methoxy groups -OCH3 is 1. The highest BCUT2D eigenvalue weighted by Gasteiger charge is 2.35. The quantitative estimate of drug-likeness (QED) is 0.550. The van der Waals surface area contributed by atoms with Crippen LogP contribution in [0, 0.1) is 0 Å². The highest BCUT2D eigenvalue weighted by molar-refractivity contribution is 5.30. The molecule has 1 aliphatic rings. The summed E-state index contributed by atoms with van der Waals surface area (Å²) in [6, 6.07) is 6.28. The van der Waals surface area contributed by atoms with Gasteiger partial charge in [-0.15, -0.1) is 0 Å². The molecule has 1 unspecified atom stereocenters. The number of likely N-dealkylation sites (tertiary alicyclic amines) is 1. The van der Waals surface area contributed by atoms with Gasteiger partial charge in [-0.1, -0.05) is 37.6 Å². The second kappa shape index (κ2) is 8.78. The van der Waals surface area contributed by atoms with Gasteiger partial charge in [0.15, 0.2) is 0 Å². The Morgan fingerprint density at radius 1 is 1.19 bits per heavy atom. The van der Waals surface area contributed by atoms with Crippen LogP contribution in [0.15, 0.2) is 35.9 Å². The summed E-state index contributed by atoms with van der Waals surface area (Å²) in [5.41, 5.74) is 1.36. The first kappa shape index (κ1) is 22.0. The van der Waals surface area contributed by atoms with Crippen LogP contribution in [0.2, 0.25) is 0 Å². The van der Waals surface area contributed by atoms with Crippen LogP contribution in [0.25, 0.3) is 0 Å². The van der Waals surface area contributed by atoms with E-state index < -0.39 is 11.7 Å². The fourth-order valence-corrected chi connectivity index (χ4v) is 4.07. The molecule has 5 heteroatoms. The molecule has 1 aromatic rings. The lowest BCUT2D eigenvalue weighted by atomic mass is 9.78. The van der Waals surface area contributed by atoms with Crippen LogP contribution in [0.3, 0.4) is 0 Å². The molecule has 1 saturated heterocycles. The van der Waals surface area contributed by atoms with E-state index in [4.69, 9.17) is 4.74 Å². The Kier molecular flexibility index (Phi) is 7.14. The second-order valence-electron chi connectivity index (χ2n) is 8.46. The number of allylic oxidation sites excluding steroid dienone is 1. The maximum Gasteiger partial charge on any atom is 0.416 e. The van der Waals surface area contributed by atoms with Crippen molar-refractivity contribution in [2.45, 2.75) is 70.6 Å². The standard InChI is InChI=1S/C22H32F3NO/c1-16(2)13-20(26-12-6-7-19(26)15-27-5)14-21(3,4)17-8-10-18(11-9-17)22(23,24)25/h8-11,13,19-20H,6-7,12,14-15H2,1-5H3/t19-,20?/m0/s1. The van der Waals surface area contributed by atoms with E-state index in [1.807, 2.05) is 0 Å². The van der Waals surface area contributed by atoms with Crippen molar-refractivity contribution in [3.63, 3.8) is 0 Å². The van der Waals surface area contributed by atoms with Crippen molar-refractivity contribution < 1.29 is 17.9 Å². The molecule has 0 saturated carbocycles. The molecule has 0 aromatic heterocycles. The molecule has 0 bridgehead atoms. The Morgan fingerprint density at radius 3 is 2.30 bits per heavy atom. The number of ether oxygens (including phenoxy) is 1. The molecule has 1 aliphatic heterocycles. The predicted molar refractivity (Wildman–Crippen MR) is 104 cm³/mol. The van der Waals surface area contributed by atoms with E-state index in [2.05, 4.69) is 38.7 Å². The minimum absolute atomic E-state index is 0.235. The molecule has 0 N–H and O–H groups in total. The van der Waals surface area contributed by atoms with Crippen LogP contribution < -0.4 is 0 Å². The van der Waals surface area contributed by atoms with E-state index in [0.29, 0.717) is 12.6 Å². The Balaban J connectivity index is 2.23. The molecular formula is C22H32F3NO. The summed E-state index contributed by atoms with van der Waals surface area (Å²) in [6.07, 6.45) is 1.13. The molecule has 2 atom stereocenters. The molecule has 0 aliphatic carbocycles. The zero-order valence-corrected chi connectivity index (χ0v) is 17.1. The van der Waals surface area contributed by atoms with Crippen LogP contribution in [0.1, 0.15) is 58.1 Å². The minimum atomic E-state index is -4.30. The summed E-state index contributed by atoms with van der Waals surface area (Å²) in [5.74, 6) is 0. The molecule has 152 valence electrons. The zero-order chi connectivity index (χ0) is 20.2. The van der Waals surface area contributed by atoms with Gasteiger partial charge in [-0.25, -0.2) is 0 Å². The molecular weight excluding hydrogens is 351 g/mol. The Morgan fingerprint density at radius 2 is 1.78 bits per heavy atom. The summed E-state index contributed by atoms with van der Waals surface area (Å²) in [6.45, 7) is 10.2. The van der Waals surface area contributed by atoms with Crippen LogP contribution in [-0.2, 0) is 16.3 Å². The lowest BCUT2D eigenvalue weighted by Crippen LogP contribution is -2.43. The average molecular weight is 383 g/mol. The van der Waals surface area contributed by atoms with Crippen molar-refractivity contribution in [2.24, 2.45) is 0 Å². The number of hydrogen-bond acceptors (Lipinski definition) is 2. The minimum Gasteiger partial charge on any atom is -0.383 e. The van der Waals surface area contributed by atoms with Gasteiger partial charge in [-0.05, 0) is 62.8 Å². The van der Waals surface area contributed by atoms with Gasteiger partial charge in [0, 0.05) is 19.2 Å². The van der Waals surface area contributed by atoms with Gasteiger partial charge in [-0.3, -0.25) is 4.90 Å². The van der Waals surface area contributed by atoms with Crippen LogP contribution >= 0.6 is 0 Å². The van der Waals surface area contributed by atoms with Crippen molar-refractivity contribution in [3.05, 3.63) is 47.0 Å². The fraction of sp³-hybridized carbons (Fsp3) is 0.636. The molecule has 1 heterocycles. The Labute approximate surface area is 161 Å². The normalized spacial score (nSPS) is 19.9. The summed E-state index contributed by atoms with van der Waals surface area (Å²) < 4.78 is 44.0. The molecule has 2 nitrogen and oxygen atoms in total. The van der Waals surface area contributed by atoms with Gasteiger partial charge in [0.2, 0.25) is 0 Å². The van der Waals surface area contributed by atoms with E-state index in [1.165, 1.54) is 17.7 Å². The predicted octanol–water partition coefficient (Wildman–Crippen LogP) is 5.82. The van der Waals surface area contributed by atoms with Crippen LogP contribution in [0.4, 0.5) is 13.2 Å². The number of alkyl halides is 3. The molecule has 1 aromatic carbocycles. The van der Waals surface area contributed by atoms with E-state index in [1.54, 1.807) is 19.2 Å². The largest absolute Gasteiger partial charge is 0.416 e. The van der Waals surface area contributed by atoms with E-state index >= 15 is 0 Å². The third kappa shape index (κ3) is 5.82. The van der Waals surface area contributed by atoms with Gasteiger partial charge in [0.05, 0.1) is 12.2 Å². The molecule has 0 amide bonds. The van der Waals surface area contributed by atoms with Crippen molar-refractivity contribution in [1.82, 2.24) is 4.90 Å². The first-order valence-electron chi connectivity index (χ1n) is 9.62. The molecule has 0 radical (unpaired) electrons.